The quantitative estimate of drug-likeness (QED) is 0.909. The molecule has 1 N–H and O–H groups in total. The highest BCUT2D eigenvalue weighted by molar-refractivity contribution is 5.81. The molecule has 1 fully saturated rings. The molecule has 0 spiro atoms. The van der Waals surface area contributed by atoms with Crippen LogP contribution in [0.1, 0.15) is 50.7 Å². The Morgan fingerprint density at radius 3 is 2.45 bits per heavy atom. The van der Waals surface area contributed by atoms with E-state index in [0.29, 0.717) is 25.9 Å². The number of aryl methyl sites for hydroxylation is 1. The third kappa shape index (κ3) is 3.49. The molecule has 2 atom stereocenters. The normalized spacial score (nSPS) is 22.6. The predicted molar refractivity (Wildman–Crippen MR) is 85.8 cm³/mol. The van der Waals surface area contributed by atoms with E-state index < -0.39 is 11.4 Å². The second-order valence-corrected chi connectivity index (χ2v) is 6.63. The van der Waals surface area contributed by atoms with E-state index in [9.17, 15) is 14.7 Å². The zero-order valence-electron chi connectivity index (χ0n) is 13.6. The van der Waals surface area contributed by atoms with Crippen molar-refractivity contribution in [3.05, 3.63) is 35.4 Å². The molecule has 22 heavy (non-hydrogen) atoms. The smallest absolute Gasteiger partial charge is 0.311 e. The molecule has 1 amide bonds. The summed E-state index contributed by atoms with van der Waals surface area (Å²) in [4.78, 5) is 25.4. The van der Waals surface area contributed by atoms with Gasteiger partial charge in [-0.3, -0.25) is 9.59 Å². The van der Waals surface area contributed by atoms with Gasteiger partial charge >= 0.3 is 5.97 Å². The summed E-state index contributed by atoms with van der Waals surface area (Å²) in [6, 6.07) is 8.38. The third-order valence-electron chi connectivity index (χ3n) is 4.78. The largest absolute Gasteiger partial charge is 0.481 e. The minimum atomic E-state index is -0.814. The lowest BCUT2D eigenvalue weighted by Crippen LogP contribution is -2.35. The second kappa shape index (κ2) is 6.51. The van der Waals surface area contributed by atoms with E-state index in [1.54, 1.807) is 11.8 Å². The number of nitrogens with zero attached hydrogens (tertiary/aromatic N) is 1. The first-order chi connectivity index (χ1) is 10.4. The Hall–Kier alpha value is -1.84. The maximum Gasteiger partial charge on any atom is 0.311 e. The molecule has 1 heterocycles. The molecular weight excluding hydrogens is 278 g/mol. The van der Waals surface area contributed by atoms with Crippen molar-refractivity contribution in [3.63, 3.8) is 0 Å². The fourth-order valence-corrected chi connectivity index (χ4v) is 2.94. The van der Waals surface area contributed by atoms with Gasteiger partial charge in [-0.15, -0.1) is 0 Å². The van der Waals surface area contributed by atoms with Crippen LogP contribution in [0.4, 0.5) is 0 Å². The van der Waals surface area contributed by atoms with Gasteiger partial charge in [0.15, 0.2) is 0 Å². The van der Waals surface area contributed by atoms with E-state index in [2.05, 4.69) is 31.2 Å². The highest BCUT2D eigenvalue weighted by Crippen LogP contribution is 2.31. The molecular formula is C18H25NO3. The first-order valence-corrected chi connectivity index (χ1v) is 7.95. The van der Waals surface area contributed by atoms with E-state index in [0.717, 1.165) is 12.0 Å². The van der Waals surface area contributed by atoms with E-state index >= 15 is 0 Å². The summed E-state index contributed by atoms with van der Waals surface area (Å²) in [5.41, 5.74) is 1.66. The number of benzene rings is 1. The third-order valence-corrected chi connectivity index (χ3v) is 4.78. The fraction of sp³-hybridized carbons (Fsp3) is 0.556. The number of hydrogen-bond donors (Lipinski definition) is 1. The Morgan fingerprint density at radius 2 is 1.95 bits per heavy atom. The minimum absolute atomic E-state index is 0.0528. The standard InChI is InChI=1S/C18H25NO3/c1-4-14-5-7-15(8-6-14)13(2)11-16(20)19-10-9-18(3,12-19)17(21)22/h5-8,13H,4,9-12H2,1-3H3,(H,21,22). The van der Waals surface area contributed by atoms with Gasteiger partial charge in [-0.05, 0) is 36.8 Å². The zero-order valence-corrected chi connectivity index (χ0v) is 13.6. The molecule has 120 valence electrons. The lowest BCUT2D eigenvalue weighted by atomic mass is 9.90. The van der Waals surface area contributed by atoms with Crippen molar-refractivity contribution in [2.24, 2.45) is 5.41 Å². The van der Waals surface area contributed by atoms with Crippen molar-refractivity contribution in [2.75, 3.05) is 13.1 Å². The summed E-state index contributed by atoms with van der Waals surface area (Å²) < 4.78 is 0. The average Bonchev–Trinajstić information content (AvgIpc) is 2.91. The number of likely N-dealkylation sites (tertiary alicyclic amines) is 1. The summed E-state index contributed by atoms with van der Waals surface area (Å²) in [6.07, 6.45) is 1.98. The highest BCUT2D eigenvalue weighted by Gasteiger charge is 2.42. The molecule has 0 saturated carbocycles. The lowest BCUT2D eigenvalue weighted by molar-refractivity contribution is -0.147. The molecule has 4 nitrogen and oxygen atoms in total. The molecule has 4 heteroatoms. The number of amides is 1. The van der Waals surface area contributed by atoms with Crippen molar-refractivity contribution < 1.29 is 14.7 Å². The first kappa shape index (κ1) is 16.5. The maximum absolute atomic E-state index is 12.4. The number of rotatable bonds is 5. The van der Waals surface area contributed by atoms with Crippen LogP contribution in [0.5, 0.6) is 0 Å². The Bertz CT molecular complexity index is 552. The number of aliphatic carboxylic acids is 1. The topological polar surface area (TPSA) is 57.6 Å². The SMILES string of the molecule is CCc1ccc(C(C)CC(=O)N2CCC(C)(C(=O)O)C2)cc1. The van der Waals surface area contributed by atoms with Crippen molar-refractivity contribution in [2.45, 2.75) is 46.0 Å². The van der Waals surface area contributed by atoms with Gasteiger partial charge in [-0.1, -0.05) is 38.1 Å². The highest BCUT2D eigenvalue weighted by atomic mass is 16.4. The second-order valence-electron chi connectivity index (χ2n) is 6.63. The van der Waals surface area contributed by atoms with E-state index in [1.165, 1.54) is 5.56 Å². The monoisotopic (exact) mass is 303 g/mol. The van der Waals surface area contributed by atoms with Crippen LogP contribution in [0.2, 0.25) is 0 Å². The van der Waals surface area contributed by atoms with Crippen molar-refractivity contribution in [1.82, 2.24) is 4.90 Å². The first-order valence-electron chi connectivity index (χ1n) is 7.95. The number of carboxylic acids is 1. The summed E-state index contributed by atoms with van der Waals surface area (Å²) >= 11 is 0. The summed E-state index contributed by atoms with van der Waals surface area (Å²) in [5, 5.41) is 9.24. The van der Waals surface area contributed by atoms with Crippen molar-refractivity contribution in [1.29, 1.82) is 0 Å². The van der Waals surface area contributed by atoms with E-state index in [-0.39, 0.29) is 11.8 Å². The van der Waals surface area contributed by atoms with Crippen molar-refractivity contribution >= 4 is 11.9 Å². The molecule has 0 aromatic heterocycles. The van der Waals surface area contributed by atoms with Crippen LogP contribution in [0.3, 0.4) is 0 Å². The van der Waals surface area contributed by atoms with Gasteiger partial charge in [-0.25, -0.2) is 0 Å². The van der Waals surface area contributed by atoms with Crippen LogP contribution < -0.4 is 0 Å². The molecule has 1 aliphatic heterocycles. The Balaban J connectivity index is 1.95. The summed E-state index contributed by atoms with van der Waals surface area (Å²) in [7, 11) is 0. The van der Waals surface area contributed by atoms with Crippen LogP contribution in [0.15, 0.2) is 24.3 Å². The zero-order chi connectivity index (χ0) is 16.3. The summed E-state index contributed by atoms with van der Waals surface area (Å²) in [5.74, 6) is -0.613. The van der Waals surface area contributed by atoms with E-state index in [4.69, 9.17) is 0 Å². The number of carboxylic acid groups (broad SMARTS) is 1. The lowest BCUT2D eigenvalue weighted by Gasteiger charge is -2.22. The fourth-order valence-electron chi connectivity index (χ4n) is 2.94. The van der Waals surface area contributed by atoms with Gasteiger partial charge in [0, 0.05) is 19.5 Å². The summed E-state index contributed by atoms with van der Waals surface area (Å²) in [6.45, 7) is 6.75. The number of carbonyl (C=O) groups is 2. The van der Waals surface area contributed by atoms with E-state index in [1.807, 2.05) is 6.92 Å². The maximum atomic E-state index is 12.4. The molecule has 1 saturated heterocycles. The van der Waals surface area contributed by atoms with Crippen LogP contribution in [-0.4, -0.2) is 35.0 Å². The van der Waals surface area contributed by atoms with Crippen LogP contribution in [-0.2, 0) is 16.0 Å². The van der Waals surface area contributed by atoms with Gasteiger partial charge in [0.2, 0.25) is 5.91 Å². The average molecular weight is 303 g/mol. The molecule has 0 aliphatic carbocycles. The van der Waals surface area contributed by atoms with Gasteiger partial charge in [-0.2, -0.15) is 0 Å². The number of carbonyl (C=O) groups excluding carboxylic acids is 1. The predicted octanol–water partition coefficient (Wildman–Crippen LogP) is 3.07. The molecule has 1 aromatic rings. The van der Waals surface area contributed by atoms with Gasteiger partial charge in [0.1, 0.15) is 0 Å². The Kier molecular flexibility index (Phi) is 4.89. The van der Waals surface area contributed by atoms with Gasteiger partial charge in [0.25, 0.3) is 0 Å². The minimum Gasteiger partial charge on any atom is -0.481 e. The molecule has 0 radical (unpaired) electrons. The molecule has 2 unspecified atom stereocenters. The van der Waals surface area contributed by atoms with Crippen LogP contribution in [0.25, 0.3) is 0 Å². The molecule has 1 aliphatic rings. The Morgan fingerprint density at radius 1 is 1.32 bits per heavy atom. The van der Waals surface area contributed by atoms with Crippen LogP contribution >= 0.6 is 0 Å². The molecule has 0 bridgehead atoms. The van der Waals surface area contributed by atoms with Gasteiger partial charge < -0.3 is 10.0 Å². The molecule has 1 aromatic carbocycles. The molecule has 2 rings (SSSR count). The Labute approximate surface area is 132 Å². The van der Waals surface area contributed by atoms with Gasteiger partial charge in [0.05, 0.1) is 5.41 Å². The van der Waals surface area contributed by atoms with Crippen LogP contribution in [0, 0.1) is 5.41 Å². The number of hydrogen-bond acceptors (Lipinski definition) is 2. The van der Waals surface area contributed by atoms with Crippen molar-refractivity contribution in [3.8, 4) is 0 Å².